The highest BCUT2D eigenvalue weighted by Gasteiger charge is 2.31. The molecule has 0 bridgehead atoms. The van der Waals surface area contributed by atoms with E-state index in [4.69, 9.17) is 21.1 Å². The highest BCUT2D eigenvalue weighted by molar-refractivity contribution is 6.31. The van der Waals surface area contributed by atoms with Crippen molar-refractivity contribution in [2.24, 2.45) is 0 Å². The number of nitrogens with one attached hydrogen (secondary N) is 1. The number of ether oxygens (including phenoxy) is 2. The van der Waals surface area contributed by atoms with Gasteiger partial charge in [-0.15, -0.1) is 0 Å². The molecule has 0 aromatic heterocycles. The van der Waals surface area contributed by atoms with Gasteiger partial charge in [0.2, 0.25) is 5.91 Å². The molecule has 1 N–H and O–H groups in total. The van der Waals surface area contributed by atoms with Gasteiger partial charge in [-0.05, 0) is 54.8 Å². The molecule has 0 aliphatic carbocycles. The van der Waals surface area contributed by atoms with Crippen molar-refractivity contribution in [3.63, 3.8) is 0 Å². The van der Waals surface area contributed by atoms with E-state index in [-0.39, 0.29) is 31.0 Å². The van der Waals surface area contributed by atoms with Crippen LogP contribution in [-0.2, 0) is 22.6 Å². The Morgan fingerprint density at radius 3 is 2.22 bits per heavy atom. The van der Waals surface area contributed by atoms with Crippen LogP contribution in [0.4, 0.5) is 0 Å². The highest BCUT2D eigenvalue weighted by atomic mass is 35.5. The monoisotopic (exact) mass is 508 g/mol. The maximum absolute atomic E-state index is 13.6. The largest absolute Gasteiger partial charge is 0.497 e. The fourth-order valence-corrected chi connectivity index (χ4v) is 3.90. The minimum atomic E-state index is -0.746. The molecule has 6 nitrogen and oxygen atoms in total. The van der Waals surface area contributed by atoms with Gasteiger partial charge in [0.25, 0.3) is 5.91 Å². The van der Waals surface area contributed by atoms with Gasteiger partial charge in [-0.1, -0.05) is 67.1 Å². The van der Waals surface area contributed by atoms with Crippen molar-refractivity contribution in [1.29, 1.82) is 0 Å². The van der Waals surface area contributed by atoms with Crippen LogP contribution >= 0.6 is 11.6 Å². The van der Waals surface area contributed by atoms with Gasteiger partial charge in [0.1, 0.15) is 17.5 Å². The molecule has 3 aromatic carbocycles. The molecule has 0 fully saturated rings. The third kappa shape index (κ3) is 7.75. The molecular weight excluding hydrogens is 476 g/mol. The Balaban J connectivity index is 1.90. The van der Waals surface area contributed by atoms with Crippen molar-refractivity contribution in [2.45, 2.75) is 45.3 Å². The number of hydrogen-bond donors (Lipinski definition) is 1. The fraction of sp³-hybridized carbons (Fsp3) is 0.310. The molecule has 0 saturated heterocycles. The Hall–Kier alpha value is -3.51. The molecule has 0 aliphatic rings. The Morgan fingerprint density at radius 2 is 1.58 bits per heavy atom. The predicted octanol–water partition coefficient (Wildman–Crippen LogP) is 5.28. The number of halogens is 1. The second kappa shape index (κ2) is 13.5. The molecule has 2 atom stereocenters. The van der Waals surface area contributed by atoms with Gasteiger partial charge < -0.3 is 19.7 Å². The van der Waals surface area contributed by atoms with Crippen molar-refractivity contribution in [2.75, 3.05) is 13.7 Å². The molecule has 3 aromatic rings. The van der Waals surface area contributed by atoms with Crippen molar-refractivity contribution in [3.05, 3.63) is 95.0 Å². The first-order chi connectivity index (χ1) is 17.4. The molecule has 0 saturated carbocycles. The number of amides is 2. The fourth-order valence-electron chi connectivity index (χ4n) is 3.71. The smallest absolute Gasteiger partial charge is 0.261 e. The van der Waals surface area contributed by atoms with Crippen LogP contribution < -0.4 is 14.8 Å². The van der Waals surface area contributed by atoms with Gasteiger partial charge in [0.15, 0.2) is 6.61 Å². The van der Waals surface area contributed by atoms with E-state index in [1.807, 2.05) is 62.4 Å². The summed E-state index contributed by atoms with van der Waals surface area (Å²) in [6, 6.07) is 23.2. The van der Waals surface area contributed by atoms with E-state index >= 15 is 0 Å². The predicted molar refractivity (Wildman–Crippen MR) is 142 cm³/mol. The Bertz CT molecular complexity index is 1120. The maximum Gasteiger partial charge on any atom is 0.261 e. The molecule has 36 heavy (non-hydrogen) atoms. The van der Waals surface area contributed by atoms with Crippen LogP contribution in [0.5, 0.6) is 11.5 Å². The molecule has 3 rings (SSSR count). The van der Waals surface area contributed by atoms with Crippen LogP contribution in [0.15, 0.2) is 78.9 Å². The molecular formula is C29H33ClN2O4. The van der Waals surface area contributed by atoms with Crippen molar-refractivity contribution in [3.8, 4) is 11.5 Å². The average molecular weight is 509 g/mol. The maximum atomic E-state index is 13.6. The van der Waals surface area contributed by atoms with E-state index in [2.05, 4.69) is 5.32 Å². The summed E-state index contributed by atoms with van der Waals surface area (Å²) in [6.07, 6.45) is 1.14. The first-order valence-corrected chi connectivity index (χ1v) is 12.4. The quantitative estimate of drug-likeness (QED) is 0.361. The average Bonchev–Trinajstić information content (AvgIpc) is 2.91. The Kier molecular flexibility index (Phi) is 10.2. The lowest BCUT2D eigenvalue weighted by Crippen LogP contribution is -2.53. The van der Waals surface area contributed by atoms with Crippen molar-refractivity contribution >= 4 is 23.4 Å². The molecule has 190 valence electrons. The number of benzene rings is 3. The van der Waals surface area contributed by atoms with E-state index in [0.717, 1.165) is 17.5 Å². The van der Waals surface area contributed by atoms with Gasteiger partial charge in [-0.3, -0.25) is 9.59 Å². The van der Waals surface area contributed by atoms with Crippen LogP contribution in [0.3, 0.4) is 0 Å². The number of nitrogens with zero attached hydrogens (tertiary/aromatic N) is 1. The van der Waals surface area contributed by atoms with E-state index in [9.17, 15) is 9.59 Å². The summed E-state index contributed by atoms with van der Waals surface area (Å²) >= 11 is 6.44. The topological polar surface area (TPSA) is 67.9 Å². The second-order valence-electron chi connectivity index (χ2n) is 8.60. The second-order valence-corrected chi connectivity index (χ2v) is 9.01. The SMILES string of the molecule is CC[C@H](C)NC(=O)[C@H](Cc1ccccc1)N(Cc1ccccc1Cl)C(=O)COc1ccc(OC)cc1. The van der Waals surface area contributed by atoms with Crippen LogP contribution in [0.2, 0.25) is 5.02 Å². The van der Waals surface area contributed by atoms with Gasteiger partial charge in [0, 0.05) is 24.0 Å². The summed E-state index contributed by atoms with van der Waals surface area (Å²) < 4.78 is 11.0. The lowest BCUT2D eigenvalue weighted by molar-refractivity contribution is -0.143. The molecule has 2 amide bonds. The van der Waals surface area contributed by atoms with Crippen LogP contribution in [-0.4, -0.2) is 42.5 Å². The lowest BCUT2D eigenvalue weighted by Gasteiger charge is -2.32. The lowest BCUT2D eigenvalue weighted by atomic mass is 10.0. The summed E-state index contributed by atoms with van der Waals surface area (Å²) in [4.78, 5) is 28.7. The third-order valence-corrected chi connectivity index (χ3v) is 6.36. The summed E-state index contributed by atoms with van der Waals surface area (Å²) in [5, 5.41) is 3.59. The number of rotatable bonds is 12. The Labute approximate surface area is 218 Å². The molecule has 0 radical (unpaired) electrons. The highest BCUT2D eigenvalue weighted by Crippen LogP contribution is 2.22. The molecule has 0 heterocycles. The summed E-state index contributed by atoms with van der Waals surface area (Å²) in [7, 11) is 1.59. The van der Waals surface area contributed by atoms with Gasteiger partial charge in [-0.25, -0.2) is 0 Å². The van der Waals surface area contributed by atoms with Crippen LogP contribution in [0, 0.1) is 0 Å². The number of carbonyl (C=O) groups excluding carboxylic acids is 2. The molecule has 0 aliphatic heterocycles. The van der Waals surface area contributed by atoms with Crippen LogP contribution in [0.1, 0.15) is 31.4 Å². The van der Waals surface area contributed by atoms with E-state index in [0.29, 0.717) is 22.9 Å². The molecule has 0 spiro atoms. The van der Waals surface area contributed by atoms with E-state index in [1.54, 1.807) is 42.3 Å². The van der Waals surface area contributed by atoms with Gasteiger partial charge in [0.05, 0.1) is 7.11 Å². The van der Waals surface area contributed by atoms with Gasteiger partial charge >= 0.3 is 0 Å². The third-order valence-electron chi connectivity index (χ3n) is 5.99. The zero-order valence-corrected chi connectivity index (χ0v) is 21.7. The molecule has 0 unspecified atom stereocenters. The minimum absolute atomic E-state index is 0.0245. The van der Waals surface area contributed by atoms with Crippen molar-refractivity contribution < 1.29 is 19.1 Å². The first-order valence-electron chi connectivity index (χ1n) is 12.0. The zero-order valence-electron chi connectivity index (χ0n) is 20.9. The summed E-state index contributed by atoms with van der Waals surface area (Å²) in [5.41, 5.74) is 1.71. The summed E-state index contributed by atoms with van der Waals surface area (Å²) in [5.74, 6) is 0.702. The molecule has 7 heteroatoms. The Morgan fingerprint density at radius 1 is 0.944 bits per heavy atom. The summed E-state index contributed by atoms with van der Waals surface area (Å²) in [6.45, 7) is 3.91. The zero-order chi connectivity index (χ0) is 25.9. The van der Waals surface area contributed by atoms with E-state index in [1.165, 1.54) is 0 Å². The number of methoxy groups -OCH3 is 1. The first kappa shape index (κ1) is 27.1. The van der Waals surface area contributed by atoms with Crippen LogP contribution in [0.25, 0.3) is 0 Å². The standard InChI is InChI=1S/C29H33ClN2O4/c1-4-21(2)31-29(34)27(18-22-10-6-5-7-11-22)32(19-23-12-8-9-13-26(23)30)28(33)20-36-25-16-14-24(35-3)15-17-25/h5-17,21,27H,4,18-20H2,1-3H3,(H,31,34)/t21-,27-/m0/s1. The number of hydrogen-bond acceptors (Lipinski definition) is 4. The minimum Gasteiger partial charge on any atom is -0.497 e. The van der Waals surface area contributed by atoms with Gasteiger partial charge in [-0.2, -0.15) is 0 Å². The number of carbonyl (C=O) groups is 2. The van der Waals surface area contributed by atoms with E-state index < -0.39 is 6.04 Å². The normalized spacial score (nSPS) is 12.3. The van der Waals surface area contributed by atoms with Crippen molar-refractivity contribution in [1.82, 2.24) is 10.2 Å².